The first kappa shape index (κ1) is 26.6. The molecule has 0 bridgehead atoms. The summed E-state index contributed by atoms with van der Waals surface area (Å²) in [6.07, 6.45) is 0. The maximum atomic E-state index is 14.1. The lowest BCUT2D eigenvalue weighted by Crippen LogP contribution is -2.42. The van der Waals surface area contributed by atoms with E-state index in [9.17, 15) is 14.0 Å². The van der Waals surface area contributed by atoms with Crippen LogP contribution in [0.25, 0.3) is 11.0 Å². The van der Waals surface area contributed by atoms with Gasteiger partial charge in [0.1, 0.15) is 29.7 Å². The van der Waals surface area contributed by atoms with Crippen molar-refractivity contribution in [2.75, 3.05) is 12.4 Å². The average molecular weight is 538 g/mol. The molecule has 1 N–H and O–H groups in total. The summed E-state index contributed by atoms with van der Waals surface area (Å²) in [6, 6.07) is 26.5. The topological polar surface area (TPSA) is 89.4 Å². The van der Waals surface area contributed by atoms with E-state index in [1.54, 1.807) is 31.4 Å². The van der Waals surface area contributed by atoms with E-state index >= 15 is 0 Å². The van der Waals surface area contributed by atoms with E-state index in [4.69, 9.17) is 4.74 Å². The molecule has 0 aliphatic rings. The van der Waals surface area contributed by atoms with Gasteiger partial charge in [0, 0.05) is 12.2 Å². The molecule has 1 atom stereocenters. The zero-order valence-corrected chi connectivity index (χ0v) is 22.1. The molecule has 0 saturated carbocycles. The maximum Gasteiger partial charge on any atom is 0.251 e. The molecule has 2 amide bonds. The summed E-state index contributed by atoms with van der Waals surface area (Å²) in [5, 5.41) is 11.2. The number of nitrogens with one attached hydrogen (secondary N) is 1. The van der Waals surface area contributed by atoms with Gasteiger partial charge in [0.05, 0.1) is 12.6 Å². The van der Waals surface area contributed by atoms with Crippen LogP contribution in [-0.4, -0.2) is 38.8 Å². The third kappa shape index (κ3) is 5.83. The van der Waals surface area contributed by atoms with Crippen molar-refractivity contribution < 1.29 is 18.7 Å². The van der Waals surface area contributed by atoms with Crippen LogP contribution in [0, 0.1) is 12.7 Å². The number of hydrogen-bond acceptors (Lipinski definition) is 5. The Morgan fingerprint density at radius 3 is 2.38 bits per heavy atom. The van der Waals surface area contributed by atoms with Gasteiger partial charge in [-0.2, -0.15) is 0 Å². The monoisotopic (exact) mass is 537 g/mol. The van der Waals surface area contributed by atoms with Gasteiger partial charge < -0.3 is 15.0 Å². The Kier molecular flexibility index (Phi) is 7.82. The van der Waals surface area contributed by atoms with Gasteiger partial charge in [-0.05, 0) is 72.1 Å². The first-order valence-corrected chi connectivity index (χ1v) is 12.8. The highest BCUT2D eigenvalue weighted by molar-refractivity contribution is 5.98. The van der Waals surface area contributed by atoms with Gasteiger partial charge >= 0.3 is 0 Å². The summed E-state index contributed by atoms with van der Waals surface area (Å²) < 4.78 is 20.7. The van der Waals surface area contributed by atoms with E-state index in [1.165, 1.54) is 33.8 Å². The van der Waals surface area contributed by atoms with Crippen LogP contribution in [0.5, 0.6) is 5.75 Å². The first-order chi connectivity index (χ1) is 19.4. The van der Waals surface area contributed by atoms with Crippen molar-refractivity contribution in [1.29, 1.82) is 0 Å². The number of halogens is 1. The van der Waals surface area contributed by atoms with Crippen LogP contribution < -0.4 is 10.1 Å². The smallest absolute Gasteiger partial charge is 0.251 e. The molecule has 0 spiro atoms. The molecule has 5 aromatic rings. The van der Waals surface area contributed by atoms with E-state index in [1.807, 2.05) is 55.5 Å². The largest absolute Gasteiger partial charge is 0.497 e. The molecular formula is C31H28FN5O3. The number of para-hydroxylation sites is 1. The number of amides is 2. The number of anilines is 1. The van der Waals surface area contributed by atoms with E-state index in [2.05, 4.69) is 15.6 Å². The van der Waals surface area contributed by atoms with Crippen molar-refractivity contribution >= 4 is 28.5 Å². The number of carbonyl (C=O) groups excluding carboxylic acids is 2. The number of hydrogen-bond donors (Lipinski definition) is 1. The Labute approximate surface area is 231 Å². The summed E-state index contributed by atoms with van der Waals surface area (Å²) >= 11 is 0. The van der Waals surface area contributed by atoms with Gasteiger partial charge in [-0.25, -0.2) is 9.07 Å². The molecule has 9 heteroatoms. The molecule has 1 aromatic heterocycles. The molecule has 0 saturated heterocycles. The van der Waals surface area contributed by atoms with Crippen molar-refractivity contribution in [2.45, 2.75) is 26.1 Å². The summed E-state index contributed by atoms with van der Waals surface area (Å²) in [6.45, 7) is 1.96. The Hall–Kier alpha value is -5.05. The molecular weight excluding hydrogens is 509 g/mol. The number of ether oxygens (including phenoxy) is 1. The molecule has 40 heavy (non-hydrogen) atoms. The zero-order chi connectivity index (χ0) is 28.1. The lowest BCUT2D eigenvalue weighted by molar-refractivity contribution is -0.140. The second-order valence-corrected chi connectivity index (χ2v) is 9.36. The fourth-order valence-electron chi connectivity index (χ4n) is 4.55. The highest BCUT2D eigenvalue weighted by atomic mass is 19.1. The van der Waals surface area contributed by atoms with Crippen LogP contribution in [0.15, 0.2) is 97.1 Å². The minimum Gasteiger partial charge on any atom is -0.497 e. The van der Waals surface area contributed by atoms with Crippen LogP contribution in [-0.2, 0) is 22.7 Å². The Bertz CT molecular complexity index is 1630. The standard InChI is InChI=1S/C31H28FN5O3/c1-21-7-3-4-8-23(21)19-36(29(38)20-37-28-10-6-5-9-27(28)34-35-37)30(22-11-13-24(32)14-12-22)31(39)33-25-15-17-26(40-2)18-16-25/h3-18,30H,19-20H2,1-2H3,(H,33,39)/t30-/m0/s1. The predicted octanol–water partition coefficient (Wildman–Crippen LogP) is 5.30. The lowest BCUT2D eigenvalue weighted by atomic mass is 10.0. The van der Waals surface area contributed by atoms with E-state index in [0.29, 0.717) is 28.0 Å². The van der Waals surface area contributed by atoms with Crippen LogP contribution in [0.1, 0.15) is 22.7 Å². The van der Waals surface area contributed by atoms with Crippen LogP contribution >= 0.6 is 0 Å². The number of aromatic nitrogens is 3. The molecule has 0 aliphatic heterocycles. The van der Waals surface area contributed by atoms with Gasteiger partial charge in [-0.1, -0.05) is 53.7 Å². The molecule has 1 heterocycles. The van der Waals surface area contributed by atoms with Crippen LogP contribution in [0.3, 0.4) is 0 Å². The molecule has 4 aromatic carbocycles. The van der Waals surface area contributed by atoms with Crippen molar-refractivity contribution in [3.05, 3.63) is 120 Å². The van der Waals surface area contributed by atoms with Gasteiger partial charge in [0.2, 0.25) is 5.91 Å². The van der Waals surface area contributed by atoms with E-state index < -0.39 is 17.8 Å². The number of methoxy groups -OCH3 is 1. The fourth-order valence-corrected chi connectivity index (χ4v) is 4.55. The van der Waals surface area contributed by atoms with Crippen molar-refractivity contribution in [3.8, 4) is 5.75 Å². The molecule has 0 unspecified atom stereocenters. The Balaban J connectivity index is 1.55. The second kappa shape index (κ2) is 11.8. The average Bonchev–Trinajstić information content (AvgIpc) is 3.37. The predicted molar refractivity (Wildman–Crippen MR) is 150 cm³/mol. The number of benzene rings is 4. The van der Waals surface area contributed by atoms with Crippen LogP contribution in [0.4, 0.5) is 10.1 Å². The second-order valence-electron chi connectivity index (χ2n) is 9.36. The summed E-state index contributed by atoms with van der Waals surface area (Å²) in [4.78, 5) is 29.5. The summed E-state index contributed by atoms with van der Waals surface area (Å²) in [7, 11) is 1.56. The molecule has 0 radical (unpaired) electrons. The van der Waals surface area contributed by atoms with Gasteiger partial charge in [-0.3, -0.25) is 9.59 Å². The van der Waals surface area contributed by atoms with Crippen molar-refractivity contribution in [1.82, 2.24) is 19.9 Å². The van der Waals surface area contributed by atoms with E-state index in [-0.39, 0.29) is 19.0 Å². The molecule has 5 rings (SSSR count). The lowest BCUT2D eigenvalue weighted by Gasteiger charge is -2.32. The fraction of sp³-hybridized carbons (Fsp3) is 0.161. The van der Waals surface area contributed by atoms with Gasteiger partial charge in [0.25, 0.3) is 5.91 Å². The number of aryl methyl sites for hydroxylation is 1. The minimum absolute atomic E-state index is 0.139. The van der Waals surface area contributed by atoms with Crippen molar-refractivity contribution in [3.63, 3.8) is 0 Å². The number of nitrogens with zero attached hydrogens (tertiary/aromatic N) is 4. The first-order valence-electron chi connectivity index (χ1n) is 12.8. The van der Waals surface area contributed by atoms with E-state index in [0.717, 1.165) is 11.1 Å². The Morgan fingerprint density at radius 2 is 1.65 bits per heavy atom. The Morgan fingerprint density at radius 1 is 0.950 bits per heavy atom. The SMILES string of the molecule is COc1ccc(NC(=O)[C@H](c2ccc(F)cc2)N(Cc2ccccc2C)C(=O)Cn2nnc3ccccc32)cc1. The minimum atomic E-state index is -1.07. The third-order valence-corrected chi connectivity index (χ3v) is 6.73. The molecule has 202 valence electrons. The highest BCUT2D eigenvalue weighted by Crippen LogP contribution is 2.28. The number of rotatable bonds is 9. The third-order valence-electron chi connectivity index (χ3n) is 6.73. The summed E-state index contributed by atoms with van der Waals surface area (Å²) in [5.41, 5.74) is 4.21. The number of carbonyl (C=O) groups is 2. The quantitative estimate of drug-likeness (QED) is 0.276. The van der Waals surface area contributed by atoms with Gasteiger partial charge in [0.15, 0.2) is 0 Å². The van der Waals surface area contributed by atoms with Crippen LogP contribution in [0.2, 0.25) is 0 Å². The van der Waals surface area contributed by atoms with Crippen molar-refractivity contribution in [2.24, 2.45) is 0 Å². The van der Waals surface area contributed by atoms with Gasteiger partial charge in [-0.15, -0.1) is 5.10 Å². The maximum absolute atomic E-state index is 14.1. The highest BCUT2D eigenvalue weighted by Gasteiger charge is 2.32. The zero-order valence-electron chi connectivity index (χ0n) is 22.1. The normalized spacial score (nSPS) is 11.7. The number of fused-ring (bicyclic) bond motifs is 1. The molecule has 8 nitrogen and oxygen atoms in total. The molecule has 0 aliphatic carbocycles. The summed E-state index contributed by atoms with van der Waals surface area (Å²) in [5.74, 6) is -0.589. The molecule has 0 fully saturated rings.